The number of aliphatic carboxylic acids is 1. The Balaban J connectivity index is 0.000000383. The van der Waals surface area contributed by atoms with Crippen LogP contribution in [0.25, 0.3) is 0 Å². The molecule has 1 saturated carbocycles. The van der Waals surface area contributed by atoms with Crippen LogP contribution in [0.4, 0.5) is 18.9 Å². The smallest absolute Gasteiger partial charge is 0.475 e. The van der Waals surface area contributed by atoms with E-state index >= 15 is 0 Å². The number of benzene rings is 1. The molecule has 2 amide bonds. The Hall–Kier alpha value is -3.43. The SMILES string of the molecule is CNC(=O)c1ccc2c(c1)C1(CCCCC1)CN2C(=O)c1ccncc1.O=C(O)C(F)(F)F. The van der Waals surface area contributed by atoms with E-state index in [0.717, 1.165) is 24.1 Å². The molecule has 10 heteroatoms. The molecule has 1 spiro atoms. The van der Waals surface area contributed by atoms with Crippen molar-refractivity contribution in [3.63, 3.8) is 0 Å². The highest BCUT2D eigenvalue weighted by molar-refractivity contribution is 6.08. The van der Waals surface area contributed by atoms with E-state index in [-0.39, 0.29) is 17.2 Å². The third kappa shape index (κ3) is 5.15. The van der Waals surface area contributed by atoms with Crippen molar-refractivity contribution >= 4 is 23.5 Å². The van der Waals surface area contributed by atoms with Crippen LogP contribution >= 0.6 is 0 Å². The average Bonchev–Trinajstić information content (AvgIpc) is 3.12. The second kappa shape index (κ2) is 9.60. The van der Waals surface area contributed by atoms with Crippen molar-refractivity contribution in [1.82, 2.24) is 10.3 Å². The van der Waals surface area contributed by atoms with Gasteiger partial charge in [-0.05, 0) is 48.7 Å². The number of carbonyl (C=O) groups excluding carboxylic acids is 2. The highest BCUT2D eigenvalue weighted by atomic mass is 19.4. The van der Waals surface area contributed by atoms with Crippen LogP contribution in [0.5, 0.6) is 0 Å². The predicted molar refractivity (Wildman–Crippen MR) is 114 cm³/mol. The molecule has 1 aliphatic carbocycles. The predicted octanol–water partition coefficient (Wildman–Crippen LogP) is 3.94. The zero-order valence-electron chi connectivity index (χ0n) is 18.0. The van der Waals surface area contributed by atoms with E-state index in [0.29, 0.717) is 17.7 Å². The van der Waals surface area contributed by atoms with E-state index < -0.39 is 12.1 Å². The van der Waals surface area contributed by atoms with E-state index in [1.807, 2.05) is 23.1 Å². The van der Waals surface area contributed by atoms with Crippen molar-refractivity contribution in [3.8, 4) is 0 Å². The number of hydrogen-bond acceptors (Lipinski definition) is 4. The number of nitrogens with one attached hydrogen (secondary N) is 1. The van der Waals surface area contributed by atoms with Gasteiger partial charge in [-0.1, -0.05) is 19.3 Å². The molecular formula is C23H24F3N3O4. The van der Waals surface area contributed by atoms with Gasteiger partial charge in [0.05, 0.1) is 0 Å². The van der Waals surface area contributed by atoms with Gasteiger partial charge in [0, 0.05) is 48.2 Å². The monoisotopic (exact) mass is 463 g/mol. The second-order valence-electron chi connectivity index (χ2n) is 8.08. The van der Waals surface area contributed by atoms with Crippen LogP contribution in [0, 0.1) is 0 Å². The number of aromatic nitrogens is 1. The lowest BCUT2D eigenvalue weighted by molar-refractivity contribution is -0.192. The van der Waals surface area contributed by atoms with Crippen molar-refractivity contribution in [1.29, 1.82) is 0 Å². The number of amides is 2. The van der Waals surface area contributed by atoms with E-state index in [2.05, 4.69) is 10.3 Å². The Morgan fingerprint density at radius 2 is 1.64 bits per heavy atom. The van der Waals surface area contributed by atoms with Crippen molar-refractivity contribution in [2.24, 2.45) is 0 Å². The molecule has 4 rings (SSSR count). The summed E-state index contributed by atoms with van der Waals surface area (Å²) in [5.41, 5.74) is 3.38. The number of anilines is 1. The first-order valence-electron chi connectivity index (χ1n) is 10.5. The van der Waals surface area contributed by atoms with Crippen LogP contribution in [-0.2, 0) is 10.2 Å². The van der Waals surface area contributed by atoms with Gasteiger partial charge in [0.1, 0.15) is 0 Å². The van der Waals surface area contributed by atoms with E-state index in [1.54, 1.807) is 31.6 Å². The van der Waals surface area contributed by atoms with Crippen LogP contribution in [0.2, 0.25) is 0 Å². The maximum Gasteiger partial charge on any atom is 0.490 e. The largest absolute Gasteiger partial charge is 0.490 e. The number of halogens is 3. The number of pyridine rings is 1. The standard InChI is InChI=1S/C21H23N3O2.C2HF3O2/c1-22-19(25)16-5-6-18-17(13-16)21(9-3-2-4-10-21)14-24(18)20(26)15-7-11-23-12-8-15;3-2(4,5)1(6)7/h5-8,11-13H,2-4,9-10,14H2,1H3,(H,22,25);(H,6,7). The van der Waals surface area contributed by atoms with Crippen LogP contribution in [0.1, 0.15) is 58.4 Å². The highest BCUT2D eigenvalue weighted by Crippen LogP contribution is 2.49. The fourth-order valence-corrected chi connectivity index (χ4v) is 4.44. The molecule has 1 aliphatic heterocycles. The lowest BCUT2D eigenvalue weighted by Gasteiger charge is -2.34. The molecule has 2 N–H and O–H groups in total. The van der Waals surface area contributed by atoms with Gasteiger partial charge in [0.2, 0.25) is 0 Å². The maximum atomic E-state index is 13.1. The molecule has 2 aromatic rings. The number of rotatable bonds is 2. The van der Waals surface area contributed by atoms with E-state index in [9.17, 15) is 22.8 Å². The fourth-order valence-electron chi connectivity index (χ4n) is 4.44. The Morgan fingerprint density at radius 1 is 1.03 bits per heavy atom. The molecule has 0 atom stereocenters. The van der Waals surface area contributed by atoms with E-state index in [4.69, 9.17) is 9.90 Å². The summed E-state index contributed by atoms with van der Waals surface area (Å²) >= 11 is 0. The van der Waals surface area contributed by atoms with Crippen molar-refractivity contribution in [2.75, 3.05) is 18.5 Å². The molecule has 1 fully saturated rings. The highest BCUT2D eigenvalue weighted by Gasteiger charge is 2.45. The minimum atomic E-state index is -5.08. The third-order valence-electron chi connectivity index (χ3n) is 6.03. The number of nitrogens with zero attached hydrogens (tertiary/aromatic N) is 2. The topological polar surface area (TPSA) is 99.6 Å². The summed E-state index contributed by atoms with van der Waals surface area (Å²) in [6, 6.07) is 9.26. The van der Waals surface area contributed by atoms with Gasteiger partial charge in [-0.3, -0.25) is 14.6 Å². The van der Waals surface area contributed by atoms with Gasteiger partial charge in [-0.15, -0.1) is 0 Å². The number of carboxylic acid groups (broad SMARTS) is 1. The van der Waals surface area contributed by atoms with E-state index in [1.165, 1.54) is 19.3 Å². The van der Waals surface area contributed by atoms with Crippen LogP contribution in [-0.4, -0.2) is 47.6 Å². The zero-order valence-corrected chi connectivity index (χ0v) is 18.0. The molecular weight excluding hydrogens is 439 g/mol. The minimum Gasteiger partial charge on any atom is -0.475 e. The van der Waals surface area contributed by atoms with Crippen LogP contribution in [0.3, 0.4) is 0 Å². The number of fused-ring (bicyclic) bond motifs is 2. The van der Waals surface area contributed by atoms with Crippen molar-refractivity contribution in [2.45, 2.75) is 43.7 Å². The molecule has 176 valence electrons. The Bertz CT molecular complexity index is 1030. The lowest BCUT2D eigenvalue weighted by atomic mass is 9.70. The first-order valence-corrected chi connectivity index (χ1v) is 10.5. The summed E-state index contributed by atoms with van der Waals surface area (Å²) in [7, 11) is 1.64. The van der Waals surface area contributed by atoms with Crippen LogP contribution in [0.15, 0.2) is 42.7 Å². The summed E-state index contributed by atoms with van der Waals surface area (Å²) in [5.74, 6) is -2.84. The molecule has 0 radical (unpaired) electrons. The first kappa shape index (κ1) is 24.2. The third-order valence-corrected chi connectivity index (χ3v) is 6.03. The Labute approximate surface area is 188 Å². The molecule has 0 bridgehead atoms. The molecule has 0 saturated heterocycles. The zero-order chi connectivity index (χ0) is 24.2. The van der Waals surface area contributed by atoms with Gasteiger partial charge in [-0.25, -0.2) is 4.79 Å². The summed E-state index contributed by atoms with van der Waals surface area (Å²) in [5, 5.41) is 9.82. The summed E-state index contributed by atoms with van der Waals surface area (Å²) in [6.45, 7) is 0.695. The molecule has 1 aromatic carbocycles. The average molecular weight is 463 g/mol. The van der Waals surface area contributed by atoms with Gasteiger partial charge in [-0.2, -0.15) is 13.2 Å². The van der Waals surface area contributed by atoms with Gasteiger partial charge >= 0.3 is 12.1 Å². The van der Waals surface area contributed by atoms with Crippen molar-refractivity contribution in [3.05, 3.63) is 59.4 Å². The minimum absolute atomic E-state index is 0.00351. The normalized spacial score (nSPS) is 16.4. The molecule has 33 heavy (non-hydrogen) atoms. The van der Waals surface area contributed by atoms with Gasteiger partial charge < -0.3 is 15.3 Å². The molecule has 1 aromatic heterocycles. The van der Waals surface area contributed by atoms with Gasteiger partial charge in [0.15, 0.2) is 0 Å². The second-order valence-corrected chi connectivity index (χ2v) is 8.08. The Kier molecular flexibility index (Phi) is 7.04. The summed E-state index contributed by atoms with van der Waals surface area (Å²) < 4.78 is 31.7. The fraction of sp³-hybridized carbons (Fsp3) is 0.391. The summed E-state index contributed by atoms with van der Waals surface area (Å²) in [4.78, 5) is 40.0. The first-order chi connectivity index (χ1) is 15.6. The number of carboxylic acids is 1. The molecule has 7 nitrogen and oxygen atoms in total. The van der Waals surface area contributed by atoms with Gasteiger partial charge in [0.25, 0.3) is 11.8 Å². The molecule has 0 unspecified atom stereocenters. The Morgan fingerprint density at radius 3 is 2.18 bits per heavy atom. The molecule has 2 aliphatic rings. The quantitative estimate of drug-likeness (QED) is 0.703. The van der Waals surface area contributed by atoms with Crippen molar-refractivity contribution < 1.29 is 32.7 Å². The molecule has 2 heterocycles. The maximum absolute atomic E-state index is 13.1. The number of carbonyl (C=O) groups is 3. The number of alkyl halides is 3. The number of hydrogen-bond donors (Lipinski definition) is 2. The van der Waals surface area contributed by atoms with Crippen LogP contribution < -0.4 is 10.2 Å². The lowest BCUT2D eigenvalue weighted by Crippen LogP contribution is -2.38. The summed E-state index contributed by atoms with van der Waals surface area (Å²) in [6.07, 6.45) is 3.92.